The second kappa shape index (κ2) is 7.55. The Morgan fingerprint density at radius 1 is 1.11 bits per heavy atom. The molecule has 0 radical (unpaired) electrons. The summed E-state index contributed by atoms with van der Waals surface area (Å²) in [5.41, 5.74) is 1.47. The highest BCUT2D eigenvalue weighted by molar-refractivity contribution is 5.14. The molecule has 1 fully saturated rings. The van der Waals surface area contributed by atoms with Crippen molar-refractivity contribution in [2.75, 3.05) is 26.2 Å². The molecule has 0 amide bonds. The number of benzene rings is 1. The largest absolute Gasteiger partial charge is 0.396 e. The summed E-state index contributed by atoms with van der Waals surface area (Å²) in [6, 6.07) is 10.8. The Kier molecular flexibility index (Phi) is 5.69. The zero-order valence-electron chi connectivity index (χ0n) is 11.2. The van der Waals surface area contributed by atoms with E-state index in [1.54, 1.807) is 0 Å². The Balaban J connectivity index is 1.65. The topological polar surface area (TPSA) is 23.5 Å². The minimum absolute atomic E-state index is 0.327. The molecule has 2 nitrogen and oxygen atoms in total. The number of hydrogen-bond donors (Lipinski definition) is 1. The zero-order valence-corrected chi connectivity index (χ0v) is 11.2. The number of aliphatic hydroxyl groups excluding tert-OH is 1. The highest BCUT2D eigenvalue weighted by atomic mass is 16.3. The van der Waals surface area contributed by atoms with Crippen molar-refractivity contribution in [2.24, 2.45) is 5.92 Å². The number of aliphatic hydroxyl groups is 1. The molecule has 0 spiro atoms. The van der Waals surface area contributed by atoms with Gasteiger partial charge in [0.15, 0.2) is 0 Å². The van der Waals surface area contributed by atoms with Crippen molar-refractivity contribution in [3.05, 3.63) is 35.9 Å². The van der Waals surface area contributed by atoms with Crippen LogP contribution >= 0.6 is 0 Å². The Hall–Kier alpha value is -0.860. The van der Waals surface area contributed by atoms with E-state index in [0.717, 1.165) is 18.9 Å². The molecule has 1 N–H and O–H groups in total. The lowest BCUT2D eigenvalue weighted by molar-refractivity contribution is 0.163. The maximum atomic E-state index is 8.83. The molecule has 2 heteroatoms. The summed E-state index contributed by atoms with van der Waals surface area (Å²) < 4.78 is 0. The van der Waals surface area contributed by atoms with Crippen LogP contribution in [0.15, 0.2) is 30.3 Å². The molecule has 0 aliphatic carbocycles. The van der Waals surface area contributed by atoms with Gasteiger partial charge in [0, 0.05) is 13.2 Å². The molecule has 0 aromatic heterocycles. The van der Waals surface area contributed by atoms with Gasteiger partial charge >= 0.3 is 0 Å². The fourth-order valence-electron chi connectivity index (χ4n) is 2.81. The quantitative estimate of drug-likeness (QED) is 0.835. The third-order valence-electron chi connectivity index (χ3n) is 4.02. The van der Waals surface area contributed by atoms with Gasteiger partial charge in [0.05, 0.1) is 0 Å². The molecule has 1 aliphatic heterocycles. The van der Waals surface area contributed by atoms with Crippen LogP contribution in [0.5, 0.6) is 0 Å². The summed E-state index contributed by atoms with van der Waals surface area (Å²) >= 11 is 0. The molecule has 1 aromatic rings. The van der Waals surface area contributed by atoms with Crippen LogP contribution in [0.4, 0.5) is 0 Å². The lowest BCUT2D eigenvalue weighted by atomic mass is 9.90. The van der Waals surface area contributed by atoms with Crippen molar-refractivity contribution in [3.8, 4) is 0 Å². The normalized spacial score (nSPS) is 18.1. The van der Waals surface area contributed by atoms with Crippen molar-refractivity contribution in [1.29, 1.82) is 0 Å². The maximum Gasteiger partial charge on any atom is 0.0443 e. The van der Waals surface area contributed by atoms with Crippen LogP contribution in [0, 0.1) is 5.92 Å². The van der Waals surface area contributed by atoms with Gasteiger partial charge in [-0.05, 0) is 56.7 Å². The van der Waals surface area contributed by atoms with Crippen LogP contribution < -0.4 is 0 Å². The number of rotatable bonds is 6. The molecular formula is C16H25NO. The lowest BCUT2D eigenvalue weighted by Crippen LogP contribution is -2.34. The standard InChI is InChI=1S/C16H25NO/c18-14-4-11-17-12-9-16(10-13-17)8-7-15-5-2-1-3-6-15/h1-3,5-6,16,18H,4,7-14H2. The molecule has 2 rings (SSSR count). The average molecular weight is 247 g/mol. The van der Waals surface area contributed by atoms with Crippen LogP contribution in [-0.4, -0.2) is 36.2 Å². The number of piperidine rings is 1. The van der Waals surface area contributed by atoms with Gasteiger partial charge < -0.3 is 10.0 Å². The molecular weight excluding hydrogens is 222 g/mol. The van der Waals surface area contributed by atoms with E-state index in [0.29, 0.717) is 6.61 Å². The monoisotopic (exact) mass is 247 g/mol. The summed E-state index contributed by atoms with van der Waals surface area (Å²) in [7, 11) is 0. The van der Waals surface area contributed by atoms with Crippen LogP contribution in [-0.2, 0) is 6.42 Å². The minimum Gasteiger partial charge on any atom is -0.396 e. The second-order valence-electron chi connectivity index (χ2n) is 5.39. The molecule has 0 unspecified atom stereocenters. The van der Waals surface area contributed by atoms with Crippen molar-refractivity contribution < 1.29 is 5.11 Å². The third kappa shape index (κ3) is 4.43. The van der Waals surface area contributed by atoms with E-state index in [-0.39, 0.29) is 0 Å². The predicted molar refractivity (Wildman–Crippen MR) is 75.6 cm³/mol. The molecule has 1 saturated heterocycles. The first-order valence-electron chi connectivity index (χ1n) is 7.25. The van der Waals surface area contributed by atoms with Gasteiger partial charge in [-0.1, -0.05) is 30.3 Å². The highest BCUT2D eigenvalue weighted by Gasteiger charge is 2.18. The summed E-state index contributed by atoms with van der Waals surface area (Å²) in [6.07, 6.45) is 6.14. The van der Waals surface area contributed by atoms with Gasteiger partial charge in [0.2, 0.25) is 0 Å². The first kappa shape index (κ1) is 13.6. The van der Waals surface area contributed by atoms with E-state index < -0.39 is 0 Å². The minimum atomic E-state index is 0.327. The Bertz CT molecular complexity index is 317. The van der Waals surface area contributed by atoms with Crippen molar-refractivity contribution >= 4 is 0 Å². The SMILES string of the molecule is OCCCN1CCC(CCc2ccccc2)CC1. The highest BCUT2D eigenvalue weighted by Crippen LogP contribution is 2.22. The fraction of sp³-hybridized carbons (Fsp3) is 0.625. The number of nitrogens with zero attached hydrogens (tertiary/aromatic N) is 1. The van der Waals surface area contributed by atoms with Crippen molar-refractivity contribution in [2.45, 2.75) is 32.1 Å². The second-order valence-corrected chi connectivity index (χ2v) is 5.39. The first-order valence-corrected chi connectivity index (χ1v) is 7.25. The Labute approximate surface area is 111 Å². The zero-order chi connectivity index (χ0) is 12.6. The van der Waals surface area contributed by atoms with E-state index in [4.69, 9.17) is 5.11 Å². The lowest BCUT2D eigenvalue weighted by Gasteiger charge is -2.31. The average Bonchev–Trinajstić information content (AvgIpc) is 2.45. The molecule has 0 saturated carbocycles. The molecule has 0 atom stereocenters. The molecule has 100 valence electrons. The van der Waals surface area contributed by atoms with E-state index in [1.165, 1.54) is 44.3 Å². The number of aryl methyl sites for hydroxylation is 1. The summed E-state index contributed by atoms with van der Waals surface area (Å²) in [5, 5.41) is 8.83. The van der Waals surface area contributed by atoms with Gasteiger partial charge in [-0.3, -0.25) is 0 Å². The van der Waals surface area contributed by atoms with Crippen LogP contribution in [0.1, 0.15) is 31.2 Å². The Morgan fingerprint density at radius 3 is 2.50 bits per heavy atom. The molecule has 1 aliphatic rings. The maximum absolute atomic E-state index is 8.83. The van der Waals surface area contributed by atoms with Crippen LogP contribution in [0.3, 0.4) is 0 Å². The molecule has 18 heavy (non-hydrogen) atoms. The van der Waals surface area contributed by atoms with E-state index >= 15 is 0 Å². The first-order chi connectivity index (χ1) is 8.88. The fourth-order valence-corrected chi connectivity index (χ4v) is 2.81. The van der Waals surface area contributed by atoms with Gasteiger partial charge in [0.25, 0.3) is 0 Å². The van der Waals surface area contributed by atoms with Crippen molar-refractivity contribution in [1.82, 2.24) is 4.90 Å². The summed E-state index contributed by atoms with van der Waals surface area (Å²) in [6.45, 7) is 3.84. The van der Waals surface area contributed by atoms with E-state index in [1.807, 2.05) is 0 Å². The van der Waals surface area contributed by atoms with Crippen LogP contribution in [0.2, 0.25) is 0 Å². The summed E-state index contributed by atoms with van der Waals surface area (Å²) in [4.78, 5) is 2.50. The molecule has 1 heterocycles. The van der Waals surface area contributed by atoms with Gasteiger partial charge in [0.1, 0.15) is 0 Å². The molecule has 1 aromatic carbocycles. The van der Waals surface area contributed by atoms with E-state index in [9.17, 15) is 0 Å². The smallest absolute Gasteiger partial charge is 0.0443 e. The third-order valence-corrected chi connectivity index (χ3v) is 4.02. The van der Waals surface area contributed by atoms with Gasteiger partial charge in [-0.25, -0.2) is 0 Å². The number of hydrogen-bond acceptors (Lipinski definition) is 2. The van der Waals surface area contributed by atoms with E-state index in [2.05, 4.69) is 35.2 Å². The molecule has 0 bridgehead atoms. The van der Waals surface area contributed by atoms with Gasteiger partial charge in [-0.2, -0.15) is 0 Å². The van der Waals surface area contributed by atoms with Gasteiger partial charge in [-0.15, -0.1) is 0 Å². The van der Waals surface area contributed by atoms with Crippen LogP contribution in [0.25, 0.3) is 0 Å². The predicted octanol–water partition coefficient (Wildman–Crippen LogP) is 2.71. The Morgan fingerprint density at radius 2 is 1.83 bits per heavy atom. The van der Waals surface area contributed by atoms with Crippen molar-refractivity contribution in [3.63, 3.8) is 0 Å². The summed E-state index contributed by atoms with van der Waals surface area (Å²) in [5.74, 6) is 0.899. The number of likely N-dealkylation sites (tertiary alicyclic amines) is 1.